The lowest BCUT2D eigenvalue weighted by Gasteiger charge is -2.19. The van der Waals surface area contributed by atoms with Gasteiger partial charge in [-0.1, -0.05) is 53.0 Å². The lowest BCUT2D eigenvalue weighted by molar-refractivity contribution is -0.119. The van der Waals surface area contributed by atoms with Crippen molar-refractivity contribution in [1.29, 1.82) is 0 Å². The first-order valence-electron chi connectivity index (χ1n) is 11.7. The van der Waals surface area contributed by atoms with E-state index in [1.807, 2.05) is 0 Å². The fraction of sp³-hybridized carbons (Fsp3) is 0.154. The second kappa shape index (κ2) is 12.0. The summed E-state index contributed by atoms with van der Waals surface area (Å²) in [6.45, 7) is 0.875. The van der Waals surface area contributed by atoms with E-state index >= 15 is 0 Å². The van der Waals surface area contributed by atoms with Crippen LogP contribution in [0.4, 0.5) is 11.5 Å². The van der Waals surface area contributed by atoms with Crippen LogP contribution < -0.4 is 15.2 Å². The quantitative estimate of drug-likeness (QED) is 0.282. The number of benzene rings is 2. The van der Waals surface area contributed by atoms with E-state index in [2.05, 4.69) is 10.3 Å². The van der Waals surface area contributed by atoms with Crippen LogP contribution in [0.15, 0.2) is 70.5 Å². The highest BCUT2D eigenvalue weighted by Crippen LogP contribution is 2.27. The number of hydrogen-bond acceptors (Lipinski definition) is 7. The highest BCUT2D eigenvalue weighted by Gasteiger charge is 2.30. The van der Waals surface area contributed by atoms with Gasteiger partial charge in [-0.3, -0.25) is 18.6 Å². The number of anilines is 2. The summed E-state index contributed by atoms with van der Waals surface area (Å²) in [6.07, 6.45) is 1.27. The smallest absolute Gasteiger partial charge is 0.340 e. The van der Waals surface area contributed by atoms with Gasteiger partial charge in [0.1, 0.15) is 5.69 Å². The molecule has 15 heteroatoms. The maximum atomic E-state index is 13.6. The molecule has 0 spiro atoms. The molecule has 4 aromatic rings. The lowest BCUT2D eigenvalue weighted by atomic mass is 10.2. The summed E-state index contributed by atoms with van der Waals surface area (Å²) in [7, 11) is -1.47. The molecule has 41 heavy (non-hydrogen) atoms. The maximum Gasteiger partial charge on any atom is 0.340 e. The van der Waals surface area contributed by atoms with E-state index in [9.17, 15) is 22.8 Å². The van der Waals surface area contributed by atoms with Gasteiger partial charge in [-0.2, -0.15) is 0 Å². The first kappa shape index (κ1) is 30.1. The molecular weight excluding hydrogens is 617 g/mol. The van der Waals surface area contributed by atoms with Crippen LogP contribution in [0.1, 0.15) is 16.1 Å². The van der Waals surface area contributed by atoms with Crippen LogP contribution in [-0.4, -0.2) is 48.3 Å². The molecule has 0 fully saturated rings. The van der Waals surface area contributed by atoms with Crippen molar-refractivity contribution in [3.05, 3.63) is 97.5 Å². The fourth-order valence-electron chi connectivity index (χ4n) is 3.90. The zero-order chi connectivity index (χ0) is 30.1. The molecule has 1 N–H and O–H groups in total. The van der Waals surface area contributed by atoms with Crippen molar-refractivity contribution in [3.63, 3.8) is 0 Å². The third-order valence-corrected chi connectivity index (χ3v) is 8.63. The molecular formula is C26H22Cl3N5O6S. The maximum absolute atomic E-state index is 13.6. The summed E-state index contributed by atoms with van der Waals surface area (Å²) >= 11 is 17.9. The summed E-state index contributed by atoms with van der Waals surface area (Å²) in [5, 5.41) is 2.60. The predicted molar refractivity (Wildman–Crippen MR) is 156 cm³/mol. The molecule has 0 saturated carbocycles. The lowest BCUT2D eigenvalue weighted by Crippen LogP contribution is -2.32. The molecule has 0 radical (unpaired) electrons. The number of nitrogens with zero attached hydrogens (tertiary/aromatic N) is 4. The third kappa shape index (κ3) is 6.10. The number of nitrogens with one attached hydrogen (secondary N) is 1. The number of ether oxygens (including phenoxy) is 1. The first-order valence-corrected chi connectivity index (χ1v) is 14.3. The Morgan fingerprint density at radius 1 is 1.05 bits per heavy atom. The molecule has 0 aliphatic carbocycles. The normalized spacial score (nSPS) is 11.3. The standard InChI is InChI=1S/C26H22Cl3N5O6S/c1-15-23(25(36)34(32(15)2)17-7-5-4-6-8-17)33(3)41(38,39)18-9-10-20(28)19(12-18)26(37)40-14-22(35)31-24-21(29)11-16(27)13-30-24/h4-13H,14H2,1-3H3,(H,30,31,35). The Labute approximate surface area is 249 Å². The second-order valence-corrected chi connectivity index (χ2v) is 11.9. The Balaban J connectivity index is 1.57. The molecule has 11 nitrogen and oxygen atoms in total. The second-order valence-electron chi connectivity index (χ2n) is 8.63. The summed E-state index contributed by atoms with van der Waals surface area (Å²) in [5.74, 6) is -1.81. The van der Waals surface area contributed by atoms with E-state index in [-0.39, 0.29) is 37.0 Å². The van der Waals surface area contributed by atoms with Crippen LogP contribution in [0.25, 0.3) is 5.69 Å². The van der Waals surface area contributed by atoms with Gasteiger partial charge in [0, 0.05) is 20.3 Å². The molecule has 4 rings (SSSR count). The number of amides is 1. The Morgan fingerprint density at radius 3 is 2.39 bits per heavy atom. The number of carbonyl (C=O) groups excluding carboxylic acids is 2. The number of esters is 1. The minimum atomic E-state index is -4.35. The van der Waals surface area contributed by atoms with Crippen LogP contribution >= 0.6 is 34.8 Å². The summed E-state index contributed by atoms with van der Waals surface area (Å²) in [4.78, 5) is 41.9. The monoisotopic (exact) mass is 637 g/mol. The van der Waals surface area contributed by atoms with Gasteiger partial charge in [-0.15, -0.1) is 0 Å². The number of carbonyl (C=O) groups is 2. The van der Waals surface area contributed by atoms with Gasteiger partial charge in [0.2, 0.25) is 0 Å². The van der Waals surface area contributed by atoms with E-state index in [4.69, 9.17) is 39.5 Å². The Bertz CT molecular complexity index is 1820. The fourth-order valence-corrected chi connectivity index (χ4v) is 5.80. The molecule has 1 amide bonds. The molecule has 0 unspecified atom stereocenters. The molecule has 0 saturated heterocycles. The third-order valence-electron chi connectivity index (χ3n) is 6.05. The Hall–Kier alpha value is -3.84. The van der Waals surface area contributed by atoms with Gasteiger partial charge >= 0.3 is 5.97 Å². The number of aromatic nitrogens is 3. The highest BCUT2D eigenvalue weighted by atomic mass is 35.5. The summed E-state index contributed by atoms with van der Waals surface area (Å²) < 4.78 is 35.9. The molecule has 0 bridgehead atoms. The minimum Gasteiger partial charge on any atom is -0.452 e. The van der Waals surface area contributed by atoms with Gasteiger partial charge in [0.05, 0.1) is 36.9 Å². The average Bonchev–Trinajstić information content (AvgIpc) is 3.16. The number of sulfonamides is 1. The van der Waals surface area contributed by atoms with E-state index in [1.165, 1.54) is 36.1 Å². The molecule has 2 aromatic carbocycles. The first-order chi connectivity index (χ1) is 19.3. The van der Waals surface area contributed by atoms with Crippen molar-refractivity contribution in [2.24, 2.45) is 7.05 Å². The molecule has 214 valence electrons. The largest absolute Gasteiger partial charge is 0.452 e. The van der Waals surface area contributed by atoms with Gasteiger partial charge in [0.25, 0.3) is 21.5 Å². The molecule has 0 aliphatic heterocycles. The van der Waals surface area contributed by atoms with E-state index in [1.54, 1.807) is 49.0 Å². The predicted octanol–water partition coefficient (Wildman–Crippen LogP) is 4.46. The zero-order valence-electron chi connectivity index (χ0n) is 21.8. The van der Waals surface area contributed by atoms with Crippen molar-refractivity contribution in [2.45, 2.75) is 11.8 Å². The Kier molecular flexibility index (Phi) is 8.78. The van der Waals surface area contributed by atoms with Gasteiger partial charge in [-0.25, -0.2) is 22.9 Å². The minimum absolute atomic E-state index is 0.00816. The number of rotatable bonds is 8. The van der Waals surface area contributed by atoms with Crippen LogP contribution in [0.5, 0.6) is 0 Å². The van der Waals surface area contributed by atoms with Crippen molar-refractivity contribution in [3.8, 4) is 5.69 Å². The average molecular weight is 639 g/mol. The van der Waals surface area contributed by atoms with Crippen LogP contribution in [0.3, 0.4) is 0 Å². The van der Waals surface area contributed by atoms with Gasteiger partial charge < -0.3 is 10.1 Å². The number of halogens is 3. The Morgan fingerprint density at radius 2 is 1.73 bits per heavy atom. The number of hydrogen-bond donors (Lipinski definition) is 1. The van der Waals surface area contributed by atoms with Gasteiger partial charge in [0.15, 0.2) is 12.4 Å². The summed E-state index contributed by atoms with van der Waals surface area (Å²) in [6, 6.07) is 13.5. The van der Waals surface area contributed by atoms with Crippen LogP contribution in [-0.2, 0) is 26.6 Å². The molecule has 2 heterocycles. The van der Waals surface area contributed by atoms with E-state index < -0.39 is 34.1 Å². The van der Waals surface area contributed by atoms with Crippen molar-refractivity contribution < 1.29 is 22.7 Å². The van der Waals surface area contributed by atoms with Crippen LogP contribution in [0.2, 0.25) is 15.1 Å². The van der Waals surface area contributed by atoms with Gasteiger partial charge in [-0.05, 0) is 43.3 Å². The number of para-hydroxylation sites is 1. The van der Waals surface area contributed by atoms with E-state index in [0.717, 1.165) is 10.4 Å². The summed E-state index contributed by atoms with van der Waals surface area (Å²) in [5.41, 5.74) is -0.00329. The number of pyridine rings is 1. The molecule has 2 aromatic heterocycles. The SMILES string of the molecule is Cc1c(N(C)S(=O)(=O)c2ccc(Cl)c(C(=O)OCC(=O)Nc3ncc(Cl)cc3Cl)c2)c(=O)n(-c2ccccc2)n1C. The van der Waals surface area contributed by atoms with Crippen molar-refractivity contribution >= 4 is 68.2 Å². The topological polar surface area (TPSA) is 133 Å². The molecule has 0 aliphatic rings. The molecule has 0 atom stereocenters. The van der Waals surface area contributed by atoms with Crippen molar-refractivity contribution in [1.82, 2.24) is 14.3 Å². The van der Waals surface area contributed by atoms with Crippen molar-refractivity contribution in [2.75, 3.05) is 23.3 Å². The zero-order valence-corrected chi connectivity index (χ0v) is 24.8. The van der Waals surface area contributed by atoms with Crippen LogP contribution in [0, 0.1) is 6.92 Å². The van der Waals surface area contributed by atoms with E-state index in [0.29, 0.717) is 11.4 Å². The highest BCUT2D eigenvalue weighted by molar-refractivity contribution is 7.92.